The van der Waals surface area contributed by atoms with Gasteiger partial charge in [0.05, 0.1) is 0 Å². The second-order valence-electron chi connectivity index (χ2n) is 7.79. The van der Waals surface area contributed by atoms with E-state index in [1.165, 1.54) is 25.7 Å². The highest BCUT2D eigenvalue weighted by Gasteiger charge is 2.33. The number of methoxy groups -OCH3 is 1. The maximum absolute atomic E-state index is 5.82. The molecule has 0 aromatic carbocycles. The summed E-state index contributed by atoms with van der Waals surface area (Å²) >= 11 is 0. The van der Waals surface area contributed by atoms with Crippen molar-refractivity contribution in [2.45, 2.75) is 51.4 Å². The second-order valence-corrected chi connectivity index (χ2v) is 7.79. The van der Waals surface area contributed by atoms with Crippen LogP contribution in [0.4, 0.5) is 0 Å². The van der Waals surface area contributed by atoms with E-state index < -0.39 is 0 Å². The first-order chi connectivity index (χ1) is 12.8. The minimum Gasteiger partial charge on any atom is -0.385 e. The van der Waals surface area contributed by atoms with Gasteiger partial charge in [0.15, 0.2) is 5.96 Å². The molecule has 26 heavy (non-hydrogen) atoms. The predicted molar refractivity (Wildman–Crippen MR) is 106 cm³/mol. The Kier molecular flexibility index (Phi) is 10.3. The average Bonchev–Trinajstić information content (AvgIpc) is 3.15. The molecule has 0 aromatic rings. The normalized spacial score (nSPS) is 21.1. The van der Waals surface area contributed by atoms with Crippen molar-refractivity contribution in [1.82, 2.24) is 10.6 Å². The molecule has 0 aromatic heterocycles. The Bertz CT molecular complexity index is 392. The van der Waals surface area contributed by atoms with E-state index >= 15 is 0 Å². The summed E-state index contributed by atoms with van der Waals surface area (Å²) in [4.78, 5) is 4.36. The third-order valence-corrected chi connectivity index (χ3v) is 5.81. The number of nitrogens with zero attached hydrogens (tertiary/aromatic N) is 1. The quantitative estimate of drug-likeness (QED) is 0.333. The topological polar surface area (TPSA) is 64.1 Å². The van der Waals surface area contributed by atoms with Crippen molar-refractivity contribution in [1.29, 1.82) is 0 Å². The van der Waals surface area contributed by atoms with Gasteiger partial charge in [-0.05, 0) is 49.9 Å². The molecule has 6 heteroatoms. The summed E-state index contributed by atoms with van der Waals surface area (Å²) in [5, 5.41) is 6.95. The highest BCUT2D eigenvalue weighted by Crippen LogP contribution is 2.40. The molecule has 1 aliphatic heterocycles. The van der Waals surface area contributed by atoms with E-state index in [4.69, 9.17) is 14.2 Å². The van der Waals surface area contributed by atoms with Crippen molar-refractivity contribution < 1.29 is 14.2 Å². The summed E-state index contributed by atoms with van der Waals surface area (Å²) in [6.45, 7) is 6.18. The Morgan fingerprint density at radius 2 is 1.92 bits per heavy atom. The number of hydrogen-bond donors (Lipinski definition) is 2. The minimum atomic E-state index is 0.375. The maximum Gasteiger partial charge on any atom is 0.190 e. The molecule has 2 aliphatic rings. The van der Waals surface area contributed by atoms with E-state index in [-0.39, 0.29) is 0 Å². The molecule has 0 spiro atoms. The number of ether oxygens (including phenoxy) is 3. The lowest BCUT2D eigenvalue weighted by Gasteiger charge is -2.30. The van der Waals surface area contributed by atoms with Crippen molar-refractivity contribution in [3.63, 3.8) is 0 Å². The minimum absolute atomic E-state index is 0.375. The lowest BCUT2D eigenvalue weighted by atomic mass is 9.83. The summed E-state index contributed by atoms with van der Waals surface area (Å²) in [7, 11) is 3.63. The molecule has 1 saturated carbocycles. The Morgan fingerprint density at radius 1 is 1.15 bits per heavy atom. The Morgan fingerprint density at radius 3 is 2.62 bits per heavy atom. The molecule has 1 heterocycles. The number of aliphatic imine (C=N–C) groups is 1. The molecule has 0 amide bonds. The van der Waals surface area contributed by atoms with Crippen LogP contribution in [0, 0.1) is 11.3 Å². The van der Waals surface area contributed by atoms with Crippen LogP contribution >= 0.6 is 0 Å². The van der Waals surface area contributed by atoms with Crippen molar-refractivity contribution in [2.75, 3.05) is 60.3 Å². The predicted octanol–water partition coefficient (Wildman–Crippen LogP) is 2.58. The number of hydrogen-bond acceptors (Lipinski definition) is 4. The molecule has 0 atom stereocenters. The molecule has 2 rings (SSSR count). The van der Waals surface area contributed by atoms with Gasteiger partial charge in [0.25, 0.3) is 0 Å². The highest BCUT2D eigenvalue weighted by atomic mass is 16.5. The van der Waals surface area contributed by atoms with Crippen LogP contribution in [0.25, 0.3) is 0 Å². The lowest BCUT2D eigenvalue weighted by Crippen LogP contribution is -2.43. The lowest BCUT2D eigenvalue weighted by molar-refractivity contribution is 0.0203. The Labute approximate surface area is 159 Å². The zero-order valence-corrected chi connectivity index (χ0v) is 16.9. The van der Waals surface area contributed by atoms with Crippen LogP contribution in [-0.2, 0) is 14.2 Å². The standard InChI is InChI=1S/C20H39N3O3/c1-21-19(23-17-20(10-15-24-2)8-3-4-9-20)22-11-5-12-26-16-18-6-13-25-14-7-18/h18H,3-17H2,1-2H3,(H2,21,22,23). The monoisotopic (exact) mass is 369 g/mol. The molecule has 152 valence electrons. The number of rotatable bonds is 11. The van der Waals surface area contributed by atoms with E-state index in [0.29, 0.717) is 11.3 Å². The first-order valence-electron chi connectivity index (χ1n) is 10.4. The molecule has 0 bridgehead atoms. The van der Waals surface area contributed by atoms with Crippen LogP contribution in [0.2, 0.25) is 0 Å². The van der Waals surface area contributed by atoms with E-state index in [0.717, 1.165) is 77.8 Å². The summed E-state index contributed by atoms with van der Waals surface area (Å²) in [5.41, 5.74) is 0.375. The zero-order valence-electron chi connectivity index (χ0n) is 16.9. The van der Waals surface area contributed by atoms with Gasteiger partial charge in [0, 0.05) is 60.3 Å². The molecule has 2 fully saturated rings. The molecule has 1 saturated heterocycles. The van der Waals surface area contributed by atoms with Gasteiger partial charge in [-0.25, -0.2) is 0 Å². The average molecular weight is 370 g/mol. The Hall–Kier alpha value is -0.850. The third kappa shape index (κ3) is 7.80. The zero-order chi connectivity index (χ0) is 18.5. The fourth-order valence-corrected chi connectivity index (χ4v) is 3.99. The van der Waals surface area contributed by atoms with Crippen LogP contribution in [0.3, 0.4) is 0 Å². The first kappa shape index (κ1) is 21.5. The van der Waals surface area contributed by atoms with Crippen LogP contribution < -0.4 is 10.6 Å². The molecule has 1 aliphatic carbocycles. The third-order valence-electron chi connectivity index (χ3n) is 5.81. The largest absolute Gasteiger partial charge is 0.385 e. The van der Waals surface area contributed by atoms with Gasteiger partial charge in [0.2, 0.25) is 0 Å². The molecular formula is C20H39N3O3. The van der Waals surface area contributed by atoms with Crippen molar-refractivity contribution in [3.8, 4) is 0 Å². The van der Waals surface area contributed by atoms with E-state index in [1.807, 2.05) is 7.05 Å². The van der Waals surface area contributed by atoms with Crippen LogP contribution in [-0.4, -0.2) is 66.2 Å². The van der Waals surface area contributed by atoms with Crippen LogP contribution in [0.5, 0.6) is 0 Å². The Balaban J connectivity index is 1.55. The van der Waals surface area contributed by atoms with Crippen LogP contribution in [0.1, 0.15) is 51.4 Å². The number of nitrogens with one attached hydrogen (secondary N) is 2. The smallest absolute Gasteiger partial charge is 0.190 e. The van der Waals surface area contributed by atoms with Gasteiger partial charge in [-0.15, -0.1) is 0 Å². The molecule has 0 radical (unpaired) electrons. The van der Waals surface area contributed by atoms with Gasteiger partial charge in [-0.1, -0.05) is 12.8 Å². The first-order valence-corrected chi connectivity index (χ1v) is 10.4. The second kappa shape index (κ2) is 12.5. The molecule has 0 unspecified atom stereocenters. The van der Waals surface area contributed by atoms with E-state index in [1.54, 1.807) is 7.11 Å². The number of guanidine groups is 1. The maximum atomic E-state index is 5.82. The van der Waals surface area contributed by atoms with Crippen molar-refractivity contribution in [3.05, 3.63) is 0 Å². The van der Waals surface area contributed by atoms with Gasteiger partial charge < -0.3 is 24.8 Å². The summed E-state index contributed by atoms with van der Waals surface area (Å²) in [6.07, 6.45) is 9.66. The SMILES string of the molecule is CN=C(NCCCOCC1CCOCC1)NCC1(CCOC)CCCC1. The fraction of sp³-hybridized carbons (Fsp3) is 0.950. The molecular weight excluding hydrogens is 330 g/mol. The fourth-order valence-electron chi connectivity index (χ4n) is 3.99. The molecule has 2 N–H and O–H groups in total. The van der Waals surface area contributed by atoms with Gasteiger partial charge in [-0.3, -0.25) is 4.99 Å². The van der Waals surface area contributed by atoms with E-state index in [2.05, 4.69) is 15.6 Å². The van der Waals surface area contributed by atoms with Gasteiger partial charge >= 0.3 is 0 Å². The highest BCUT2D eigenvalue weighted by molar-refractivity contribution is 5.79. The summed E-state index contributed by atoms with van der Waals surface area (Å²) in [6, 6.07) is 0. The van der Waals surface area contributed by atoms with Gasteiger partial charge in [0.1, 0.15) is 0 Å². The summed E-state index contributed by atoms with van der Waals surface area (Å²) in [5.74, 6) is 1.58. The van der Waals surface area contributed by atoms with Crippen molar-refractivity contribution in [2.24, 2.45) is 16.3 Å². The van der Waals surface area contributed by atoms with E-state index in [9.17, 15) is 0 Å². The van der Waals surface area contributed by atoms with Crippen molar-refractivity contribution >= 4 is 5.96 Å². The van der Waals surface area contributed by atoms with Gasteiger partial charge in [-0.2, -0.15) is 0 Å². The summed E-state index contributed by atoms with van der Waals surface area (Å²) < 4.78 is 16.5. The molecule has 6 nitrogen and oxygen atoms in total. The van der Waals surface area contributed by atoms with Crippen LogP contribution in [0.15, 0.2) is 4.99 Å².